The number of benzene rings is 2. The standard InChI is InChI=1S/C38H54N6O4S/c1-8-12-25(13-9-2)34-32-17-15-26(36(45)40-49-41(4)5)22-33(32)44-23-28(20-27-21-30(48-7)16-18-31(27)35(34)44)39-37(46)38(47)43-19-11-14-29(43)24-42(6)10-3/h15-18,21-22,25,28-29H,8-14,19-20,23-24H2,1-7H3,(H,39,46)(H,40,45). The molecule has 3 amide bonds. The number of carbonyl (C=O) groups excluding carboxylic acids is 3. The normalized spacial score (nSPS) is 17.4. The Bertz CT molecular complexity index is 1650. The minimum absolute atomic E-state index is 0.0363. The Balaban J connectivity index is 1.60. The van der Waals surface area contributed by atoms with E-state index in [0.29, 0.717) is 31.0 Å². The lowest BCUT2D eigenvalue weighted by Crippen LogP contribution is -2.51. The van der Waals surface area contributed by atoms with E-state index in [9.17, 15) is 14.4 Å². The van der Waals surface area contributed by atoms with Crippen LogP contribution in [0, 0.1) is 0 Å². The molecule has 0 spiro atoms. The summed E-state index contributed by atoms with van der Waals surface area (Å²) in [5.74, 6) is -0.102. The highest BCUT2D eigenvalue weighted by Gasteiger charge is 2.36. The zero-order valence-electron chi connectivity index (χ0n) is 30.3. The van der Waals surface area contributed by atoms with Crippen LogP contribution in [0.2, 0.25) is 0 Å². The van der Waals surface area contributed by atoms with Gasteiger partial charge in [0.05, 0.1) is 18.8 Å². The molecule has 2 unspecified atom stereocenters. The molecule has 1 fully saturated rings. The van der Waals surface area contributed by atoms with Gasteiger partial charge in [-0.25, -0.2) is 4.31 Å². The van der Waals surface area contributed by atoms with Crippen LogP contribution >= 0.6 is 12.1 Å². The molecule has 0 aliphatic carbocycles. The minimum atomic E-state index is -0.559. The van der Waals surface area contributed by atoms with Gasteiger partial charge in [-0.05, 0) is 107 Å². The highest BCUT2D eigenvalue weighted by atomic mass is 32.2. The molecular weight excluding hydrogens is 637 g/mol. The number of rotatable bonds is 13. The van der Waals surface area contributed by atoms with Crippen molar-refractivity contribution in [1.29, 1.82) is 0 Å². The summed E-state index contributed by atoms with van der Waals surface area (Å²) in [6, 6.07) is 11.9. The molecule has 2 aliphatic heterocycles. The number of aromatic nitrogens is 1. The molecular formula is C38H54N6O4S. The largest absolute Gasteiger partial charge is 0.497 e. The van der Waals surface area contributed by atoms with Crippen molar-refractivity contribution in [2.75, 3.05) is 47.9 Å². The molecule has 1 saturated heterocycles. The Morgan fingerprint density at radius 1 is 1.04 bits per heavy atom. The van der Waals surface area contributed by atoms with Gasteiger partial charge < -0.3 is 24.4 Å². The predicted molar refractivity (Wildman–Crippen MR) is 199 cm³/mol. The highest BCUT2D eigenvalue weighted by Crippen LogP contribution is 2.45. The van der Waals surface area contributed by atoms with Crippen molar-refractivity contribution in [2.24, 2.45) is 0 Å². The maximum atomic E-state index is 13.8. The van der Waals surface area contributed by atoms with Gasteiger partial charge >= 0.3 is 11.8 Å². The first-order chi connectivity index (χ1) is 23.6. The van der Waals surface area contributed by atoms with Crippen LogP contribution in [0.25, 0.3) is 22.2 Å². The molecule has 2 atom stereocenters. The van der Waals surface area contributed by atoms with E-state index in [4.69, 9.17) is 4.74 Å². The SMILES string of the molecule is CCCC(CCC)c1c2n(c3cc(C(=O)NSN(C)C)ccc13)CC(NC(=O)C(=O)N1CCCC1CN(C)CC)Cc1cc(OC)ccc1-2. The second-order valence-electron chi connectivity index (χ2n) is 13.8. The fourth-order valence-corrected chi connectivity index (χ4v) is 8.02. The first kappa shape index (κ1) is 36.7. The van der Waals surface area contributed by atoms with Gasteiger partial charge in [0, 0.05) is 59.8 Å². The quantitative estimate of drug-likeness (QED) is 0.172. The van der Waals surface area contributed by atoms with Gasteiger partial charge in [-0.15, -0.1) is 0 Å². The fraction of sp³-hybridized carbons (Fsp3) is 0.553. The molecule has 0 saturated carbocycles. The summed E-state index contributed by atoms with van der Waals surface area (Å²) < 4.78 is 12.7. The van der Waals surface area contributed by atoms with Crippen LogP contribution in [0.15, 0.2) is 36.4 Å². The lowest BCUT2D eigenvalue weighted by Gasteiger charge is -2.28. The second kappa shape index (κ2) is 16.4. The number of nitrogens with one attached hydrogen (secondary N) is 2. The Labute approximate surface area is 296 Å². The van der Waals surface area contributed by atoms with Crippen molar-refractivity contribution < 1.29 is 19.1 Å². The molecule has 49 heavy (non-hydrogen) atoms. The van der Waals surface area contributed by atoms with Gasteiger partial charge in [-0.2, -0.15) is 0 Å². The van der Waals surface area contributed by atoms with Crippen LogP contribution in [0.3, 0.4) is 0 Å². The molecule has 5 rings (SSSR count). The molecule has 2 aliphatic rings. The summed E-state index contributed by atoms with van der Waals surface area (Å²) in [5, 5.41) is 4.30. The zero-order chi connectivity index (χ0) is 35.2. The Morgan fingerprint density at radius 3 is 2.47 bits per heavy atom. The van der Waals surface area contributed by atoms with E-state index in [1.165, 1.54) is 17.7 Å². The van der Waals surface area contributed by atoms with Crippen molar-refractivity contribution in [3.8, 4) is 17.0 Å². The van der Waals surface area contributed by atoms with Crippen molar-refractivity contribution >= 4 is 40.8 Å². The average molecular weight is 691 g/mol. The van der Waals surface area contributed by atoms with Gasteiger partial charge in [-0.3, -0.25) is 19.1 Å². The lowest BCUT2D eigenvalue weighted by molar-refractivity contribution is -0.147. The summed E-state index contributed by atoms with van der Waals surface area (Å²) >= 11 is 1.24. The summed E-state index contributed by atoms with van der Waals surface area (Å²) in [7, 11) is 7.48. The molecule has 266 valence electrons. The third-order valence-electron chi connectivity index (χ3n) is 10.0. The van der Waals surface area contributed by atoms with E-state index in [0.717, 1.165) is 85.1 Å². The number of likely N-dealkylation sites (N-methyl/N-ethyl adjacent to an activating group) is 1. The molecule has 2 aromatic carbocycles. The van der Waals surface area contributed by atoms with Crippen molar-refractivity contribution in [1.82, 2.24) is 28.7 Å². The van der Waals surface area contributed by atoms with E-state index in [1.54, 1.807) is 12.0 Å². The third-order valence-corrected chi connectivity index (χ3v) is 10.7. The van der Waals surface area contributed by atoms with Crippen LogP contribution in [-0.2, 0) is 22.6 Å². The zero-order valence-corrected chi connectivity index (χ0v) is 31.1. The maximum Gasteiger partial charge on any atom is 0.312 e. The molecule has 3 heterocycles. The first-order valence-corrected chi connectivity index (χ1v) is 18.6. The van der Waals surface area contributed by atoms with Crippen LogP contribution in [-0.4, -0.2) is 96.4 Å². The van der Waals surface area contributed by atoms with E-state index in [-0.39, 0.29) is 18.0 Å². The van der Waals surface area contributed by atoms with Gasteiger partial charge in [0.25, 0.3) is 5.91 Å². The maximum absolute atomic E-state index is 13.8. The molecule has 3 aromatic rings. The van der Waals surface area contributed by atoms with E-state index in [2.05, 4.69) is 58.5 Å². The number of methoxy groups -OCH3 is 1. The minimum Gasteiger partial charge on any atom is -0.497 e. The van der Waals surface area contributed by atoms with Crippen molar-refractivity contribution in [2.45, 2.75) is 90.3 Å². The first-order valence-electron chi connectivity index (χ1n) is 17.9. The molecule has 10 nitrogen and oxygen atoms in total. The van der Waals surface area contributed by atoms with Crippen LogP contribution in [0.5, 0.6) is 5.75 Å². The number of carbonyl (C=O) groups is 3. The fourth-order valence-electron chi connectivity index (χ4n) is 7.64. The van der Waals surface area contributed by atoms with E-state index in [1.807, 2.05) is 43.6 Å². The summed E-state index contributed by atoms with van der Waals surface area (Å²) in [6.45, 7) is 9.28. The number of hydrogen-bond donors (Lipinski definition) is 2. The number of likely N-dealkylation sites (tertiary alicyclic amines) is 1. The number of hydrogen-bond acceptors (Lipinski definition) is 7. The molecule has 2 N–H and O–H groups in total. The van der Waals surface area contributed by atoms with Crippen LogP contribution in [0.4, 0.5) is 0 Å². The lowest BCUT2D eigenvalue weighted by atomic mass is 9.85. The van der Waals surface area contributed by atoms with Gasteiger partial charge in [0.2, 0.25) is 0 Å². The third kappa shape index (κ3) is 8.10. The summed E-state index contributed by atoms with van der Waals surface area (Å²) in [5.41, 5.74) is 6.12. The average Bonchev–Trinajstić information content (AvgIpc) is 3.63. The topological polar surface area (TPSA) is 99.1 Å². The molecule has 0 bridgehead atoms. The Kier molecular flexibility index (Phi) is 12.3. The van der Waals surface area contributed by atoms with Gasteiger partial charge in [0.1, 0.15) is 5.75 Å². The van der Waals surface area contributed by atoms with E-state index < -0.39 is 11.8 Å². The van der Waals surface area contributed by atoms with Crippen LogP contribution < -0.4 is 14.8 Å². The number of amides is 3. The number of nitrogens with zero attached hydrogens (tertiary/aromatic N) is 4. The Morgan fingerprint density at radius 2 is 1.80 bits per heavy atom. The van der Waals surface area contributed by atoms with Crippen molar-refractivity contribution in [3.63, 3.8) is 0 Å². The van der Waals surface area contributed by atoms with Gasteiger partial charge in [0.15, 0.2) is 0 Å². The van der Waals surface area contributed by atoms with Crippen LogP contribution in [0.1, 0.15) is 86.7 Å². The van der Waals surface area contributed by atoms with Gasteiger partial charge in [-0.1, -0.05) is 39.7 Å². The number of ether oxygens (including phenoxy) is 1. The highest BCUT2D eigenvalue weighted by molar-refractivity contribution is 7.95. The van der Waals surface area contributed by atoms with E-state index >= 15 is 0 Å². The molecule has 11 heteroatoms. The summed E-state index contributed by atoms with van der Waals surface area (Å²) in [4.78, 5) is 44.7. The molecule has 1 aromatic heterocycles. The summed E-state index contributed by atoms with van der Waals surface area (Å²) in [6.07, 6.45) is 6.56. The molecule has 0 radical (unpaired) electrons. The second-order valence-corrected chi connectivity index (χ2v) is 14.9. The smallest absolute Gasteiger partial charge is 0.312 e. The van der Waals surface area contributed by atoms with Crippen molar-refractivity contribution in [3.05, 3.63) is 53.1 Å². The number of fused-ring (bicyclic) bond motifs is 5. The predicted octanol–water partition coefficient (Wildman–Crippen LogP) is 5.84. The Hall–Kier alpha value is -3.54. The monoisotopic (exact) mass is 690 g/mol.